The van der Waals surface area contributed by atoms with Crippen LogP contribution in [0.25, 0.3) is 0 Å². The van der Waals surface area contributed by atoms with E-state index >= 15 is 0 Å². The van der Waals surface area contributed by atoms with Crippen LogP contribution in [-0.4, -0.2) is 39.9 Å². The highest BCUT2D eigenvalue weighted by atomic mass is 16.3. The third-order valence-corrected chi connectivity index (χ3v) is 3.43. The SMILES string of the molecule is Cc1cc(=O)c(O)c(CN(C)CCO)n1CCC(C)C. The van der Waals surface area contributed by atoms with Gasteiger partial charge in [0.05, 0.1) is 12.3 Å². The summed E-state index contributed by atoms with van der Waals surface area (Å²) in [5.41, 5.74) is 1.16. The second kappa shape index (κ2) is 7.45. The van der Waals surface area contributed by atoms with Gasteiger partial charge >= 0.3 is 0 Å². The van der Waals surface area contributed by atoms with Crippen LogP contribution in [0.5, 0.6) is 5.75 Å². The first kappa shape index (κ1) is 16.7. The monoisotopic (exact) mass is 282 g/mol. The topological polar surface area (TPSA) is 65.7 Å². The second-order valence-corrected chi connectivity index (χ2v) is 5.74. The van der Waals surface area contributed by atoms with Crippen LogP contribution < -0.4 is 5.43 Å². The van der Waals surface area contributed by atoms with E-state index in [4.69, 9.17) is 5.11 Å². The number of aromatic nitrogens is 1. The van der Waals surface area contributed by atoms with Crippen LogP contribution in [0.2, 0.25) is 0 Å². The molecule has 0 spiro atoms. The molecule has 0 aliphatic carbocycles. The molecule has 0 saturated carbocycles. The number of rotatable bonds is 7. The Bertz CT molecular complexity index is 495. The van der Waals surface area contributed by atoms with Crippen LogP contribution in [0.1, 0.15) is 31.7 Å². The number of aliphatic hydroxyl groups is 1. The highest BCUT2D eigenvalue weighted by Gasteiger charge is 2.15. The molecule has 0 bridgehead atoms. The first-order valence-electron chi connectivity index (χ1n) is 7.08. The first-order chi connectivity index (χ1) is 9.36. The van der Waals surface area contributed by atoms with Gasteiger partial charge in [0.15, 0.2) is 5.75 Å². The van der Waals surface area contributed by atoms with E-state index in [0.29, 0.717) is 24.7 Å². The number of aromatic hydroxyl groups is 1. The number of likely N-dealkylation sites (N-methyl/N-ethyl adjacent to an activating group) is 1. The van der Waals surface area contributed by atoms with E-state index in [2.05, 4.69) is 13.8 Å². The molecule has 2 N–H and O–H groups in total. The van der Waals surface area contributed by atoms with Crippen molar-refractivity contribution in [3.05, 3.63) is 27.7 Å². The van der Waals surface area contributed by atoms with Crippen molar-refractivity contribution < 1.29 is 10.2 Å². The van der Waals surface area contributed by atoms with Gasteiger partial charge in [0, 0.05) is 31.4 Å². The Labute approximate surface area is 120 Å². The number of pyridine rings is 1. The summed E-state index contributed by atoms with van der Waals surface area (Å²) in [6.45, 7) is 7.97. The molecular formula is C15H26N2O3. The minimum Gasteiger partial charge on any atom is -0.503 e. The molecule has 1 aromatic rings. The standard InChI is InChI=1S/C15H26N2O3/c1-11(2)5-6-17-12(3)9-14(19)15(20)13(17)10-16(4)7-8-18/h9,11,18,20H,5-8,10H2,1-4H3. The Morgan fingerprint density at radius 3 is 2.60 bits per heavy atom. The summed E-state index contributed by atoms with van der Waals surface area (Å²) in [7, 11) is 1.86. The van der Waals surface area contributed by atoms with Gasteiger partial charge in [-0.3, -0.25) is 9.69 Å². The van der Waals surface area contributed by atoms with E-state index in [0.717, 1.165) is 18.7 Å². The Kier molecular flexibility index (Phi) is 6.23. The van der Waals surface area contributed by atoms with E-state index in [1.807, 2.05) is 23.4 Å². The van der Waals surface area contributed by atoms with E-state index in [-0.39, 0.29) is 17.8 Å². The fourth-order valence-corrected chi connectivity index (χ4v) is 2.18. The molecule has 0 radical (unpaired) electrons. The lowest BCUT2D eigenvalue weighted by Gasteiger charge is -2.22. The van der Waals surface area contributed by atoms with Crippen molar-refractivity contribution in [2.45, 2.75) is 40.3 Å². The molecule has 0 unspecified atom stereocenters. The Balaban J connectivity index is 3.12. The van der Waals surface area contributed by atoms with Crippen LogP contribution in [0.4, 0.5) is 0 Å². The molecule has 1 aromatic heterocycles. The van der Waals surface area contributed by atoms with Crippen LogP contribution >= 0.6 is 0 Å². The van der Waals surface area contributed by atoms with Gasteiger partial charge in [-0.05, 0) is 26.3 Å². The minimum absolute atomic E-state index is 0.0549. The average molecular weight is 282 g/mol. The van der Waals surface area contributed by atoms with Crippen LogP contribution in [-0.2, 0) is 13.1 Å². The highest BCUT2D eigenvalue weighted by Crippen LogP contribution is 2.18. The van der Waals surface area contributed by atoms with Gasteiger partial charge in [0.1, 0.15) is 0 Å². The van der Waals surface area contributed by atoms with Crippen LogP contribution in [0.15, 0.2) is 10.9 Å². The van der Waals surface area contributed by atoms with Crippen molar-refractivity contribution in [2.75, 3.05) is 20.2 Å². The maximum Gasteiger partial charge on any atom is 0.223 e. The molecule has 0 aliphatic heterocycles. The lowest BCUT2D eigenvalue weighted by molar-refractivity contribution is 0.212. The van der Waals surface area contributed by atoms with Gasteiger partial charge < -0.3 is 14.8 Å². The highest BCUT2D eigenvalue weighted by molar-refractivity contribution is 5.29. The molecule has 1 heterocycles. The Hall–Kier alpha value is -1.33. The molecule has 20 heavy (non-hydrogen) atoms. The maximum atomic E-state index is 11.8. The lowest BCUT2D eigenvalue weighted by Crippen LogP contribution is -2.26. The quantitative estimate of drug-likeness (QED) is 0.792. The van der Waals surface area contributed by atoms with Gasteiger partial charge in [0.2, 0.25) is 5.43 Å². The molecular weight excluding hydrogens is 256 g/mol. The largest absolute Gasteiger partial charge is 0.503 e. The number of hydrogen-bond donors (Lipinski definition) is 2. The number of hydrogen-bond acceptors (Lipinski definition) is 4. The maximum absolute atomic E-state index is 11.8. The molecule has 0 saturated heterocycles. The normalized spacial score (nSPS) is 11.6. The predicted molar refractivity (Wildman–Crippen MR) is 80.0 cm³/mol. The summed E-state index contributed by atoms with van der Waals surface area (Å²) in [6, 6.07) is 1.48. The number of nitrogens with zero attached hydrogens (tertiary/aromatic N) is 2. The molecule has 0 aromatic carbocycles. The van der Waals surface area contributed by atoms with Crippen molar-refractivity contribution in [2.24, 2.45) is 5.92 Å². The second-order valence-electron chi connectivity index (χ2n) is 5.74. The van der Waals surface area contributed by atoms with Gasteiger partial charge in [-0.2, -0.15) is 0 Å². The lowest BCUT2D eigenvalue weighted by atomic mass is 10.1. The molecule has 0 aliphatic rings. The zero-order valence-electron chi connectivity index (χ0n) is 12.9. The molecule has 0 atom stereocenters. The van der Waals surface area contributed by atoms with Gasteiger partial charge in [-0.1, -0.05) is 13.8 Å². The van der Waals surface area contributed by atoms with Crippen LogP contribution in [0, 0.1) is 12.8 Å². The van der Waals surface area contributed by atoms with Crippen LogP contribution in [0.3, 0.4) is 0 Å². The summed E-state index contributed by atoms with van der Waals surface area (Å²) >= 11 is 0. The van der Waals surface area contributed by atoms with Crippen molar-refractivity contribution >= 4 is 0 Å². The van der Waals surface area contributed by atoms with E-state index in [1.165, 1.54) is 6.07 Å². The van der Waals surface area contributed by atoms with Crippen molar-refractivity contribution in [3.63, 3.8) is 0 Å². The van der Waals surface area contributed by atoms with E-state index in [9.17, 15) is 9.90 Å². The van der Waals surface area contributed by atoms with E-state index in [1.54, 1.807) is 0 Å². The zero-order valence-corrected chi connectivity index (χ0v) is 12.9. The van der Waals surface area contributed by atoms with E-state index < -0.39 is 0 Å². The minimum atomic E-state index is -0.337. The third kappa shape index (κ3) is 4.35. The third-order valence-electron chi connectivity index (χ3n) is 3.43. The average Bonchev–Trinajstić information content (AvgIpc) is 2.35. The predicted octanol–water partition coefficient (Wildman–Crippen LogP) is 1.33. The fourth-order valence-electron chi connectivity index (χ4n) is 2.18. The summed E-state index contributed by atoms with van der Waals surface area (Å²) in [6.07, 6.45) is 0.986. The Morgan fingerprint density at radius 1 is 1.40 bits per heavy atom. The summed E-state index contributed by atoms with van der Waals surface area (Å²) in [4.78, 5) is 13.6. The van der Waals surface area contributed by atoms with Crippen molar-refractivity contribution in [3.8, 4) is 5.75 Å². The molecule has 0 fully saturated rings. The number of aliphatic hydroxyl groups excluding tert-OH is 1. The summed E-state index contributed by atoms with van der Waals surface area (Å²) in [5.74, 6) is 0.378. The van der Waals surface area contributed by atoms with Gasteiger partial charge in [-0.25, -0.2) is 0 Å². The smallest absolute Gasteiger partial charge is 0.223 e. The summed E-state index contributed by atoms with van der Waals surface area (Å²) in [5, 5.41) is 19.0. The zero-order chi connectivity index (χ0) is 15.3. The van der Waals surface area contributed by atoms with Gasteiger partial charge in [0.25, 0.3) is 0 Å². The Morgan fingerprint density at radius 2 is 2.05 bits per heavy atom. The number of aryl methyl sites for hydroxylation is 1. The molecule has 114 valence electrons. The molecule has 1 rings (SSSR count). The van der Waals surface area contributed by atoms with Crippen molar-refractivity contribution in [1.82, 2.24) is 9.47 Å². The summed E-state index contributed by atoms with van der Waals surface area (Å²) < 4.78 is 2.00. The van der Waals surface area contributed by atoms with Gasteiger partial charge in [-0.15, -0.1) is 0 Å². The first-order valence-corrected chi connectivity index (χ1v) is 7.08. The van der Waals surface area contributed by atoms with Crippen molar-refractivity contribution in [1.29, 1.82) is 0 Å². The molecule has 0 amide bonds. The molecule has 5 nitrogen and oxygen atoms in total. The fraction of sp³-hybridized carbons (Fsp3) is 0.667. The molecule has 5 heteroatoms.